The quantitative estimate of drug-likeness (QED) is 0.812. The van der Waals surface area contributed by atoms with Crippen LogP contribution in [0.3, 0.4) is 0 Å². The summed E-state index contributed by atoms with van der Waals surface area (Å²) in [5.74, 6) is 0.0783. The molecule has 0 aliphatic heterocycles. The van der Waals surface area contributed by atoms with Crippen LogP contribution >= 0.6 is 0 Å². The van der Waals surface area contributed by atoms with E-state index >= 15 is 0 Å². The van der Waals surface area contributed by atoms with E-state index in [-0.39, 0.29) is 5.69 Å². The van der Waals surface area contributed by atoms with Gasteiger partial charge in [-0.25, -0.2) is 14.8 Å². The molecule has 0 radical (unpaired) electrons. The molecule has 1 heterocycles. The summed E-state index contributed by atoms with van der Waals surface area (Å²) in [6, 6.07) is 2.02. The maximum atomic E-state index is 11.8. The van der Waals surface area contributed by atoms with Crippen molar-refractivity contribution in [1.82, 2.24) is 9.97 Å². The van der Waals surface area contributed by atoms with Gasteiger partial charge < -0.3 is 10.1 Å². The largest absolute Gasteiger partial charge is 0.455 e. The Bertz CT molecular complexity index is 422. The topological polar surface area (TPSA) is 64.1 Å². The van der Waals surface area contributed by atoms with Crippen molar-refractivity contribution in [1.29, 1.82) is 0 Å². The van der Waals surface area contributed by atoms with E-state index < -0.39 is 11.6 Å². The highest BCUT2D eigenvalue weighted by atomic mass is 16.6. The van der Waals surface area contributed by atoms with Crippen LogP contribution in [0.2, 0.25) is 0 Å². The lowest BCUT2D eigenvalue weighted by atomic mass is 10.2. The van der Waals surface area contributed by atoms with Crippen LogP contribution in [-0.4, -0.2) is 27.6 Å². The molecule has 1 fully saturated rings. The summed E-state index contributed by atoms with van der Waals surface area (Å²) in [5, 5.41) is 3.14. The van der Waals surface area contributed by atoms with Crippen LogP contribution in [0.1, 0.15) is 44.1 Å². The minimum atomic E-state index is -0.508. The second kappa shape index (κ2) is 4.31. The molecule has 1 aromatic rings. The zero-order chi connectivity index (χ0) is 12.5. The molecular formula is C12H17N3O2. The standard InChI is InChI=1S/C12H17N3O2/c1-12(2,3)17-10(16)9-6-7-13-11(15-9)14-8-4-5-8/h6-8H,4-5H2,1-3H3,(H,13,14,15). The molecule has 0 aromatic carbocycles. The Morgan fingerprint density at radius 1 is 1.47 bits per heavy atom. The van der Waals surface area contributed by atoms with Crippen LogP contribution in [-0.2, 0) is 4.74 Å². The number of anilines is 1. The first-order valence-electron chi connectivity index (χ1n) is 5.77. The van der Waals surface area contributed by atoms with E-state index in [1.165, 1.54) is 0 Å². The number of carbonyl (C=O) groups is 1. The van der Waals surface area contributed by atoms with E-state index in [2.05, 4.69) is 15.3 Å². The fraction of sp³-hybridized carbons (Fsp3) is 0.583. The van der Waals surface area contributed by atoms with E-state index in [0.29, 0.717) is 12.0 Å². The number of esters is 1. The summed E-state index contributed by atoms with van der Waals surface area (Å²) in [5.41, 5.74) is -0.218. The molecule has 92 valence electrons. The monoisotopic (exact) mass is 235 g/mol. The van der Waals surface area contributed by atoms with Crippen LogP contribution in [0.5, 0.6) is 0 Å². The molecule has 0 atom stereocenters. The Labute approximate surface area is 101 Å². The average Bonchev–Trinajstić information content (AvgIpc) is 2.99. The lowest BCUT2D eigenvalue weighted by molar-refractivity contribution is 0.00628. The van der Waals surface area contributed by atoms with Crippen LogP contribution in [0.4, 0.5) is 5.95 Å². The maximum Gasteiger partial charge on any atom is 0.357 e. The molecular weight excluding hydrogens is 218 g/mol. The summed E-state index contributed by atoms with van der Waals surface area (Å²) in [6.45, 7) is 5.49. The van der Waals surface area contributed by atoms with Crippen LogP contribution in [0.25, 0.3) is 0 Å². The lowest BCUT2D eigenvalue weighted by Crippen LogP contribution is -2.24. The molecule has 1 aliphatic rings. The Morgan fingerprint density at radius 3 is 2.76 bits per heavy atom. The predicted molar refractivity (Wildman–Crippen MR) is 63.8 cm³/mol. The highest BCUT2D eigenvalue weighted by molar-refractivity contribution is 5.87. The molecule has 1 aromatic heterocycles. The van der Waals surface area contributed by atoms with Gasteiger partial charge >= 0.3 is 5.97 Å². The van der Waals surface area contributed by atoms with Gasteiger partial charge in [-0.05, 0) is 39.7 Å². The van der Waals surface area contributed by atoms with Crippen molar-refractivity contribution in [2.24, 2.45) is 0 Å². The zero-order valence-electron chi connectivity index (χ0n) is 10.4. The van der Waals surface area contributed by atoms with Gasteiger partial charge in [0.2, 0.25) is 5.95 Å². The first kappa shape index (κ1) is 11.8. The van der Waals surface area contributed by atoms with Gasteiger partial charge in [0, 0.05) is 12.2 Å². The molecule has 0 unspecified atom stereocenters. The molecule has 5 nitrogen and oxygen atoms in total. The molecule has 17 heavy (non-hydrogen) atoms. The summed E-state index contributed by atoms with van der Waals surface area (Å²) < 4.78 is 5.24. The van der Waals surface area contributed by atoms with Gasteiger partial charge in [0.15, 0.2) is 5.69 Å². The number of nitrogens with one attached hydrogen (secondary N) is 1. The molecule has 0 spiro atoms. The van der Waals surface area contributed by atoms with E-state index in [1.807, 2.05) is 20.8 Å². The minimum Gasteiger partial charge on any atom is -0.455 e. The third-order valence-electron chi connectivity index (χ3n) is 2.17. The van der Waals surface area contributed by atoms with Gasteiger partial charge in [-0.15, -0.1) is 0 Å². The van der Waals surface area contributed by atoms with Gasteiger partial charge in [-0.2, -0.15) is 0 Å². The second-order valence-corrected chi connectivity index (χ2v) is 5.19. The van der Waals surface area contributed by atoms with Crippen molar-refractivity contribution < 1.29 is 9.53 Å². The number of aromatic nitrogens is 2. The fourth-order valence-electron chi connectivity index (χ4n) is 1.28. The highest BCUT2D eigenvalue weighted by Crippen LogP contribution is 2.22. The van der Waals surface area contributed by atoms with Crippen LogP contribution in [0, 0.1) is 0 Å². The number of rotatable bonds is 3. The zero-order valence-corrected chi connectivity index (χ0v) is 10.4. The molecule has 5 heteroatoms. The Kier molecular flexibility index (Phi) is 3.00. The third-order valence-corrected chi connectivity index (χ3v) is 2.17. The van der Waals surface area contributed by atoms with Gasteiger partial charge in [-0.3, -0.25) is 0 Å². The van der Waals surface area contributed by atoms with Gasteiger partial charge in [0.05, 0.1) is 0 Å². The summed E-state index contributed by atoms with van der Waals surface area (Å²) in [7, 11) is 0. The summed E-state index contributed by atoms with van der Waals surface area (Å²) >= 11 is 0. The van der Waals surface area contributed by atoms with E-state index in [0.717, 1.165) is 12.8 Å². The van der Waals surface area contributed by atoms with Crippen LogP contribution < -0.4 is 5.32 Å². The summed E-state index contributed by atoms with van der Waals surface area (Å²) in [4.78, 5) is 20.0. The van der Waals surface area contributed by atoms with E-state index in [9.17, 15) is 4.79 Å². The maximum absolute atomic E-state index is 11.8. The number of carbonyl (C=O) groups excluding carboxylic acids is 1. The second-order valence-electron chi connectivity index (χ2n) is 5.19. The Balaban J connectivity index is 2.06. The average molecular weight is 235 g/mol. The summed E-state index contributed by atoms with van der Waals surface area (Å²) in [6.07, 6.45) is 3.84. The lowest BCUT2D eigenvalue weighted by Gasteiger charge is -2.19. The third kappa shape index (κ3) is 3.69. The number of nitrogens with zero attached hydrogens (tertiary/aromatic N) is 2. The predicted octanol–water partition coefficient (Wildman–Crippen LogP) is 2.01. The first-order chi connectivity index (χ1) is 7.94. The van der Waals surface area contributed by atoms with Crippen LogP contribution in [0.15, 0.2) is 12.3 Å². The smallest absolute Gasteiger partial charge is 0.357 e. The molecule has 0 amide bonds. The first-order valence-corrected chi connectivity index (χ1v) is 5.77. The van der Waals surface area contributed by atoms with E-state index in [1.54, 1.807) is 12.3 Å². The fourth-order valence-corrected chi connectivity index (χ4v) is 1.28. The number of hydrogen-bond acceptors (Lipinski definition) is 5. The number of ether oxygens (including phenoxy) is 1. The van der Waals surface area contributed by atoms with Gasteiger partial charge in [0.25, 0.3) is 0 Å². The SMILES string of the molecule is CC(C)(C)OC(=O)c1ccnc(NC2CC2)n1. The van der Waals surface area contributed by atoms with Crippen molar-refractivity contribution in [3.8, 4) is 0 Å². The Hall–Kier alpha value is -1.65. The Morgan fingerprint density at radius 2 is 2.18 bits per heavy atom. The molecule has 0 bridgehead atoms. The van der Waals surface area contributed by atoms with Gasteiger partial charge in [0.1, 0.15) is 5.60 Å². The molecule has 1 saturated carbocycles. The van der Waals surface area contributed by atoms with Crippen molar-refractivity contribution in [2.45, 2.75) is 45.3 Å². The van der Waals surface area contributed by atoms with Crippen molar-refractivity contribution in [3.63, 3.8) is 0 Å². The minimum absolute atomic E-state index is 0.290. The molecule has 2 rings (SSSR count). The van der Waals surface area contributed by atoms with E-state index in [4.69, 9.17) is 4.74 Å². The molecule has 1 aliphatic carbocycles. The van der Waals surface area contributed by atoms with Crippen molar-refractivity contribution in [2.75, 3.05) is 5.32 Å². The van der Waals surface area contributed by atoms with Crippen molar-refractivity contribution >= 4 is 11.9 Å². The molecule has 1 N–H and O–H groups in total. The number of hydrogen-bond donors (Lipinski definition) is 1. The normalized spacial score (nSPS) is 15.5. The molecule has 0 saturated heterocycles. The highest BCUT2D eigenvalue weighted by Gasteiger charge is 2.23. The van der Waals surface area contributed by atoms with Crippen molar-refractivity contribution in [3.05, 3.63) is 18.0 Å². The van der Waals surface area contributed by atoms with Gasteiger partial charge in [-0.1, -0.05) is 0 Å².